The summed E-state index contributed by atoms with van der Waals surface area (Å²) in [6.07, 6.45) is 8.77. The van der Waals surface area contributed by atoms with Gasteiger partial charge in [0.05, 0.1) is 28.7 Å². The summed E-state index contributed by atoms with van der Waals surface area (Å²) in [6, 6.07) is 6.20. The highest BCUT2D eigenvalue weighted by Gasteiger charge is 2.45. The van der Waals surface area contributed by atoms with Gasteiger partial charge in [-0.2, -0.15) is 15.2 Å². The first-order valence-corrected chi connectivity index (χ1v) is 15.3. The summed E-state index contributed by atoms with van der Waals surface area (Å²) in [6.45, 7) is 4.93. The molecular weight excluding hydrogens is 541 g/mol. The van der Waals surface area contributed by atoms with E-state index in [1.165, 1.54) is 18.9 Å². The average Bonchev–Trinajstić information content (AvgIpc) is 3.78. The van der Waals surface area contributed by atoms with Gasteiger partial charge in [0.2, 0.25) is 11.8 Å². The van der Waals surface area contributed by atoms with Gasteiger partial charge in [0.1, 0.15) is 23.5 Å². The van der Waals surface area contributed by atoms with Crippen molar-refractivity contribution >= 4 is 43.5 Å². The first kappa shape index (κ1) is 25.2. The van der Waals surface area contributed by atoms with E-state index in [-0.39, 0.29) is 11.4 Å². The summed E-state index contributed by atoms with van der Waals surface area (Å²) < 4.78 is 23.6. The van der Waals surface area contributed by atoms with Crippen molar-refractivity contribution in [3.8, 4) is 11.9 Å². The number of nitrogens with two attached hydrogens (primary N) is 1. The second kappa shape index (κ2) is 9.51. The number of hydrogen-bond acceptors (Lipinski definition) is 10. The summed E-state index contributed by atoms with van der Waals surface area (Å²) >= 11 is 1.11. The molecule has 4 fully saturated rings. The largest absolute Gasteiger partial charge is 0.474 e. The van der Waals surface area contributed by atoms with Gasteiger partial charge in [-0.3, -0.25) is 4.90 Å². The van der Waals surface area contributed by atoms with Crippen LogP contribution >= 0.6 is 11.3 Å². The topological polar surface area (TPSA) is 121 Å². The fourth-order valence-electron chi connectivity index (χ4n) is 7.57. The quantitative estimate of drug-likeness (QED) is 0.356. The molecule has 0 amide bonds. The zero-order valence-corrected chi connectivity index (χ0v) is 23.6. The van der Waals surface area contributed by atoms with Crippen molar-refractivity contribution in [2.75, 3.05) is 43.4 Å². The number of benzene rings is 1. The third-order valence-electron chi connectivity index (χ3n) is 9.57. The Labute approximate surface area is 240 Å². The molecule has 0 saturated carbocycles. The molecule has 12 heteroatoms. The Morgan fingerprint density at radius 2 is 1.95 bits per heavy atom. The van der Waals surface area contributed by atoms with Gasteiger partial charge in [0, 0.05) is 30.6 Å². The van der Waals surface area contributed by atoms with E-state index in [1.54, 1.807) is 12.4 Å². The number of piperazine rings is 1. The Kier molecular flexibility index (Phi) is 5.84. The fourth-order valence-corrected chi connectivity index (χ4v) is 8.54. The van der Waals surface area contributed by atoms with Gasteiger partial charge < -0.3 is 25.3 Å². The molecule has 4 aliphatic rings. The van der Waals surface area contributed by atoms with Crippen LogP contribution in [0.2, 0.25) is 0 Å². The van der Waals surface area contributed by atoms with Gasteiger partial charge in [0.25, 0.3) is 0 Å². The lowest BCUT2D eigenvalue weighted by Crippen LogP contribution is -2.51. The van der Waals surface area contributed by atoms with Gasteiger partial charge in [-0.1, -0.05) is 6.07 Å². The van der Waals surface area contributed by atoms with Crippen molar-refractivity contribution in [3.63, 3.8) is 0 Å². The van der Waals surface area contributed by atoms with Crippen LogP contribution in [0.5, 0.6) is 5.88 Å². The van der Waals surface area contributed by atoms with Crippen molar-refractivity contribution in [3.05, 3.63) is 35.4 Å². The second-order valence-corrected chi connectivity index (χ2v) is 13.0. The van der Waals surface area contributed by atoms with Crippen LogP contribution in [0.4, 0.5) is 15.3 Å². The smallest absolute Gasteiger partial charge is 0.247 e. The van der Waals surface area contributed by atoms with E-state index in [4.69, 9.17) is 25.4 Å². The third kappa shape index (κ3) is 4.05. The number of thiophene rings is 1. The number of anilines is 2. The maximum atomic E-state index is 14.7. The number of halogens is 1. The number of nitrogens with one attached hydrogen (secondary N) is 1. The number of nitrogen functional groups attached to an aromatic ring is 1. The van der Waals surface area contributed by atoms with Crippen LogP contribution in [0.3, 0.4) is 0 Å². The standard InChI is InChI=1S/C29H32FN9OS/c30-21-6-3-17(22-20(11-31)25(32)41-24(21)22)12-38-16-33-23-26(38)35-28(37-13-18-4-5-19(14-37)34-18)36-27(23)40-15-29-7-1-9-39(29)10-2-8-29/h3,6,16,18-19,34H,1-2,4-5,7-10,12-15,32H2. The highest BCUT2D eigenvalue weighted by Crippen LogP contribution is 2.40. The van der Waals surface area contributed by atoms with Crippen LogP contribution in [0.15, 0.2) is 18.5 Å². The van der Waals surface area contributed by atoms with Crippen molar-refractivity contribution < 1.29 is 9.13 Å². The molecule has 10 nitrogen and oxygen atoms in total. The number of aromatic nitrogens is 4. The summed E-state index contributed by atoms with van der Waals surface area (Å²) in [4.78, 5) is 19.6. The first-order chi connectivity index (χ1) is 20.0. The Morgan fingerprint density at radius 1 is 1.17 bits per heavy atom. The van der Waals surface area contributed by atoms with Gasteiger partial charge in [-0.15, -0.1) is 11.3 Å². The van der Waals surface area contributed by atoms with Crippen LogP contribution in [-0.4, -0.2) is 74.8 Å². The van der Waals surface area contributed by atoms with Crippen LogP contribution in [0.1, 0.15) is 49.7 Å². The van der Waals surface area contributed by atoms with Crippen LogP contribution in [0.25, 0.3) is 21.3 Å². The zero-order valence-electron chi connectivity index (χ0n) is 22.8. The van der Waals surface area contributed by atoms with Gasteiger partial charge in [-0.25, -0.2) is 9.37 Å². The summed E-state index contributed by atoms with van der Waals surface area (Å²) in [5.74, 6) is 0.796. The molecule has 4 saturated heterocycles. The monoisotopic (exact) mass is 573 g/mol. The molecule has 1 aromatic carbocycles. The molecule has 41 heavy (non-hydrogen) atoms. The number of imidazole rings is 1. The molecule has 212 valence electrons. The molecular formula is C29H32FN9OS. The first-order valence-electron chi connectivity index (χ1n) is 14.5. The number of nitrogens with zero attached hydrogens (tertiary/aromatic N) is 7. The second-order valence-electron chi connectivity index (χ2n) is 12.0. The number of ether oxygens (including phenoxy) is 1. The normalized spacial score (nSPS) is 23.5. The number of nitriles is 1. The van der Waals surface area contributed by atoms with Gasteiger partial charge >= 0.3 is 0 Å². The van der Waals surface area contributed by atoms with E-state index in [0.717, 1.165) is 68.8 Å². The Hall–Kier alpha value is -3.53. The van der Waals surface area contributed by atoms with Crippen LogP contribution in [0, 0.1) is 17.1 Å². The molecule has 2 bridgehead atoms. The van der Waals surface area contributed by atoms with Gasteiger partial charge in [-0.05, 0) is 63.2 Å². The highest BCUT2D eigenvalue weighted by atomic mass is 32.1. The maximum absolute atomic E-state index is 14.7. The number of hydrogen-bond donors (Lipinski definition) is 2. The third-order valence-corrected chi connectivity index (χ3v) is 10.6. The van der Waals surface area contributed by atoms with Crippen molar-refractivity contribution in [2.45, 2.75) is 62.7 Å². The molecule has 4 aliphatic heterocycles. The van der Waals surface area contributed by atoms with Crippen molar-refractivity contribution in [2.24, 2.45) is 0 Å². The number of fused-ring (bicyclic) bond motifs is 5. The fraction of sp³-hybridized carbons (Fsp3) is 0.517. The molecule has 3 N–H and O–H groups in total. The Morgan fingerprint density at radius 3 is 2.71 bits per heavy atom. The average molecular weight is 574 g/mol. The minimum atomic E-state index is -0.377. The predicted molar refractivity (Wildman–Crippen MR) is 156 cm³/mol. The van der Waals surface area contributed by atoms with E-state index in [1.807, 2.05) is 4.57 Å². The van der Waals surface area contributed by atoms with E-state index in [2.05, 4.69) is 21.2 Å². The van der Waals surface area contributed by atoms with E-state index in [9.17, 15) is 9.65 Å². The molecule has 7 heterocycles. The predicted octanol–water partition coefficient (Wildman–Crippen LogP) is 3.63. The SMILES string of the molecule is N#Cc1c(N)sc2c(F)ccc(Cn3cnc4c(OCC56CCCN5CCC6)nc(N5CC6CCC(C5)N6)nc43)c12. The molecule has 4 aromatic rings. The highest BCUT2D eigenvalue weighted by molar-refractivity contribution is 7.23. The lowest BCUT2D eigenvalue weighted by molar-refractivity contribution is 0.111. The Balaban J connectivity index is 1.20. The van der Waals surface area contributed by atoms with Gasteiger partial charge in [0.15, 0.2) is 11.2 Å². The molecule has 0 aliphatic carbocycles. The zero-order chi connectivity index (χ0) is 27.7. The minimum Gasteiger partial charge on any atom is -0.474 e. The molecule has 2 unspecified atom stereocenters. The molecule has 3 aromatic heterocycles. The molecule has 8 rings (SSSR count). The van der Waals surface area contributed by atoms with Crippen LogP contribution < -0.4 is 20.7 Å². The van der Waals surface area contributed by atoms with Crippen molar-refractivity contribution in [1.82, 2.24) is 29.7 Å². The lowest BCUT2D eigenvalue weighted by atomic mass is 9.95. The van der Waals surface area contributed by atoms with Crippen LogP contribution in [-0.2, 0) is 6.54 Å². The molecule has 2 atom stereocenters. The number of rotatable bonds is 6. The molecule has 0 radical (unpaired) electrons. The summed E-state index contributed by atoms with van der Waals surface area (Å²) in [5.41, 5.74) is 8.58. The van der Waals surface area contributed by atoms with Crippen molar-refractivity contribution in [1.29, 1.82) is 5.26 Å². The van der Waals surface area contributed by atoms with E-state index < -0.39 is 0 Å². The summed E-state index contributed by atoms with van der Waals surface area (Å²) in [5, 5.41) is 14.3. The maximum Gasteiger partial charge on any atom is 0.247 e. The lowest BCUT2D eigenvalue weighted by Gasteiger charge is -2.33. The van der Waals surface area contributed by atoms with E-state index in [0.29, 0.717) is 68.9 Å². The summed E-state index contributed by atoms with van der Waals surface area (Å²) in [7, 11) is 0. The minimum absolute atomic E-state index is 0.0838. The van der Waals surface area contributed by atoms with E-state index >= 15 is 0 Å². The molecule has 0 spiro atoms. The Bertz CT molecular complexity index is 1690.